The van der Waals surface area contributed by atoms with Crippen LogP contribution in [-0.4, -0.2) is 50.7 Å². The first-order valence-electron chi connectivity index (χ1n) is 11.5. The fraction of sp³-hybridized carbons (Fsp3) is 0.538. The number of hydroxylamine groups is 1. The first kappa shape index (κ1) is 21.8. The van der Waals surface area contributed by atoms with E-state index in [9.17, 15) is 15.1 Å². The number of carbonyl (C=O) groups excluding carboxylic acids is 1. The van der Waals surface area contributed by atoms with Crippen molar-refractivity contribution in [2.75, 3.05) is 6.61 Å². The van der Waals surface area contributed by atoms with Gasteiger partial charge in [0.2, 0.25) is 11.8 Å². The number of nitrogens with zero attached hydrogens (tertiary/aromatic N) is 1. The molecule has 1 aromatic rings. The average molecular weight is 455 g/mol. The highest BCUT2D eigenvalue weighted by atomic mass is 32.2. The summed E-state index contributed by atoms with van der Waals surface area (Å²) in [6.07, 6.45) is 7.09. The van der Waals surface area contributed by atoms with Crippen LogP contribution in [-0.2, 0) is 9.53 Å². The van der Waals surface area contributed by atoms with E-state index in [0.717, 1.165) is 36.2 Å². The summed E-state index contributed by atoms with van der Waals surface area (Å²) >= 11 is 1.70. The van der Waals surface area contributed by atoms with E-state index in [1.165, 1.54) is 10.3 Å². The van der Waals surface area contributed by atoms with Gasteiger partial charge in [0, 0.05) is 27.6 Å². The lowest BCUT2D eigenvalue weighted by atomic mass is 9.39. The van der Waals surface area contributed by atoms with Crippen molar-refractivity contribution in [1.29, 1.82) is 0 Å². The van der Waals surface area contributed by atoms with Crippen LogP contribution in [0.15, 0.2) is 59.0 Å². The summed E-state index contributed by atoms with van der Waals surface area (Å²) in [6.45, 7) is 9.14. The fourth-order valence-corrected chi connectivity index (χ4v) is 8.36. The summed E-state index contributed by atoms with van der Waals surface area (Å²) < 4.78 is 6.66. The number of benzene rings is 1. The third-order valence-corrected chi connectivity index (χ3v) is 10.2. The van der Waals surface area contributed by atoms with Crippen molar-refractivity contribution < 1.29 is 24.6 Å². The number of aliphatic hydroxyl groups is 1. The number of ether oxygens (including phenoxy) is 1. The summed E-state index contributed by atoms with van der Waals surface area (Å²) in [4.78, 5) is 13.7. The molecule has 6 heteroatoms. The zero-order valence-corrected chi connectivity index (χ0v) is 19.6. The Balaban J connectivity index is 1.52. The molecule has 2 N–H and O–H groups in total. The number of allylic oxidation sites excluding steroid dienone is 1. The van der Waals surface area contributed by atoms with E-state index in [1.807, 2.05) is 24.3 Å². The van der Waals surface area contributed by atoms with Gasteiger partial charge in [0.05, 0.1) is 6.10 Å². The van der Waals surface area contributed by atoms with E-state index in [-0.39, 0.29) is 22.6 Å². The number of hydrogen-bond acceptors (Lipinski definition) is 5. The molecule has 0 bridgehead atoms. The van der Waals surface area contributed by atoms with Crippen molar-refractivity contribution in [2.45, 2.75) is 67.7 Å². The molecule has 5 rings (SSSR count). The fourth-order valence-electron chi connectivity index (χ4n) is 7.11. The van der Waals surface area contributed by atoms with Gasteiger partial charge in [0.1, 0.15) is 12.0 Å². The Labute approximate surface area is 193 Å². The second-order valence-electron chi connectivity index (χ2n) is 10.2. The second kappa shape index (κ2) is 7.49. The molecule has 32 heavy (non-hydrogen) atoms. The second-order valence-corrected chi connectivity index (χ2v) is 11.5. The van der Waals surface area contributed by atoms with Gasteiger partial charge in [0.15, 0.2) is 0 Å². The van der Waals surface area contributed by atoms with E-state index in [2.05, 4.69) is 32.6 Å². The molecule has 4 aliphatic rings. The summed E-state index contributed by atoms with van der Waals surface area (Å²) in [7, 11) is 0. The third-order valence-electron chi connectivity index (χ3n) is 8.89. The van der Waals surface area contributed by atoms with E-state index in [0.29, 0.717) is 13.0 Å². The number of aliphatic hydroxyl groups excluding tert-OH is 1. The molecule has 1 aromatic carbocycles. The molecule has 170 valence electrons. The SMILES string of the molecule is C=C1CC[C@]23[N+](O)=C[C@]2(C)[C@H](O)CC[C@@]3(C)[C@@H]1CC(Sc1ccccc1)C1=CCOC1=O. The van der Waals surface area contributed by atoms with E-state index < -0.39 is 17.1 Å². The number of cyclic esters (lactones) is 1. The molecule has 0 amide bonds. The Morgan fingerprint density at radius 2 is 2.03 bits per heavy atom. The molecule has 1 spiro atoms. The summed E-state index contributed by atoms with van der Waals surface area (Å²) in [5.41, 5.74) is 0.674. The topological polar surface area (TPSA) is 69.8 Å². The van der Waals surface area contributed by atoms with E-state index >= 15 is 0 Å². The molecular weight excluding hydrogens is 422 g/mol. The number of rotatable bonds is 5. The predicted molar refractivity (Wildman–Crippen MR) is 124 cm³/mol. The molecule has 0 radical (unpaired) electrons. The number of carbonyl (C=O) groups is 1. The van der Waals surface area contributed by atoms with Crippen LogP contribution in [0.4, 0.5) is 0 Å². The standard InChI is InChI=1S/C26H32NO4S/c1-17-9-13-26-24(2,12-10-22(28)25(26,3)16-27(26)30)20(17)15-21(19-11-14-31-23(19)29)32-18-7-5-4-6-8-18/h4-8,11,16,20-22,28,30H,1,9-10,12-15H2,2-3H3/q+1/t20-,21?,22-,24+,25-,26-/m1/s1. The van der Waals surface area contributed by atoms with Gasteiger partial charge >= 0.3 is 5.97 Å². The maximum atomic E-state index is 12.6. The Kier molecular flexibility index (Phi) is 5.10. The molecule has 2 saturated carbocycles. The van der Waals surface area contributed by atoms with E-state index in [1.54, 1.807) is 18.0 Å². The lowest BCUT2D eigenvalue weighted by Gasteiger charge is -2.64. The molecule has 0 aromatic heterocycles. The van der Waals surface area contributed by atoms with Crippen LogP contribution in [0.5, 0.6) is 0 Å². The maximum Gasteiger partial charge on any atom is 0.335 e. The van der Waals surface area contributed by atoms with Crippen LogP contribution in [0.2, 0.25) is 0 Å². The van der Waals surface area contributed by atoms with Gasteiger partial charge in [-0.05, 0) is 61.5 Å². The minimum atomic E-state index is -0.518. The molecule has 1 unspecified atom stereocenters. The van der Waals surface area contributed by atoms with Crippen molar-refractivity contribution in [3.8, 4) is 0 Å². The first-order chi connectivity index (χ1) is 15.2. The van der Waals surface area contributed by atoms with Crippen molar-refractivity contribution in [2.24, 2.45) is 16.7 Å². The quantitative estimate of drug-likeness (QED) is 0.227. The molecule has 2 heterocycles. The Morgan fingerprint density at radius 3 is 2.69 bits per heavy atom. The third kappa shape index (κ3) is 2.81. The molecule has 2 aliphatic heterocycles. The van der Waals surface area contributed by atoms with Gasteiger partial charge in [-0.3, -0.25) is 5.21 Å². The molecule has 2 fully saturated rings. The van der Waals surface area contributed by atoms with Crippen LogP contribution in [0.25, 0.3) is 0 Å². The molecule has 2 aliphatic carbocycles. The summed E-state index contributed by atoms with van der Waals surface area (Å²) in [5, 5.41) is 21.8. The molecule has 0 saturated heterocycles. The number of esters is 1. The minimum absolute atomic E-state index is 0.0598. The van der Waals surface area contributed by atoms with Gasteiger partial charge in [0.25, 0.3) is 0 Å². The number of hydrogen-bond donors (Lipinski definition) is 2. The predicted octanol–water partition coefficient (Wildman–Crippen LogP) is 4.38. The molecule has 6 atom stereocenters. The van der Waals surface area contributed by atoms with Crippen LogP contribution in [0, 0.1) is 16.7 Å². The zero-order chi connectivity index (χ0) is 22.7. The van der Waals surface area contributed by atoms with Gasteiger partial charge in [-0.2, -0.15) is 0 Å². The normalized spacial score (nSPS) is 39.2. The van der Waals surface area contributed by atoms with Gasteiger partial charge in [-0.1, -0.05) is 37.3 Å². The van der Waals surface area contributed by atoms with Gasteiger partial charge in [-0.15, -0.1) is 11.8 Å². The van der Waals surface area contributed by atoms with Crippen LogP contribution in [0.1, 0.15) is 46.0 Å². The van der Waals surface area contributed by atoms with E-state index in [4.69, 9.17) is 4.74 Å². The zero-order valence-electron chi connectivity index (χ0n) is 18.8. The Hall–Kier alpha value is -2.05. The Morgan fingerprint density at radius 1 is 1.28 bits per heavy atom. The van der Waals surface area contributed by atoms with Crippen molar-refractivity contribution >= 4 is 23.9 Å². The minimum Gasteiger partial charge on any atom is -0.458 e. The van der Waals surface area contributed by atoms with Gasteiger partial charge < -0.3 is 9.84 Å². The first-order valence-corrected chi connectivity index (χ1v) is 12.4. The highest BCUT2D eigenvalue weighted by molar-refractivity contribution is 8.00. The maximum absolute atomic E-state index is 12.6. The highest BCUT2D eigenvalue weighted by Crippen LogP contribution is 2.68. The van der Waals surface area contributed by atoms with Crippen molar-refractivity contribution in [1.82, 2.24) is 0 Å². The average Bonchev–Trinajstić information content (AvgIpc) is 3.19. The molecule has 5 nitrogen and oxygen atoms in total. The van der Waals surface area contributed by atoms with Gasteiger partial charge in [-0.25, -0.2) is 4.79 Å². The number of thioether (sulfide) groups is 1. The van der Waals surface area contributed by atoms with Crippen molar-refractivity contribution in [3.63, 3.8) is 0 Å². The lowest BCUT2D eigenvalue weighted by molar-refractivity contribution is -0.873. The highest BCUT2D eigenvalue weighted by Gasteiger charge is 2.81. The van der Waals surface area contributed by atoms with Crippen LogP contribution in [0.3, 0.4) is 0 Å². The largest absolute Gasteiger partial charge is 0.458 e. The van der Waals surface area contributed by atoms with Crippen molar-refractivity contribution in [3.05, 3.63) is 54.1 Å². The van der Waals surface area contributed by atoms with Crippen LogP contribution < -0.4 is 0 Å². The lowest BCUT2D eigenvalue weighted by Crippen LogP contribution is -2.80. The monoisotopic (exact) mass is 454 g/mol. The summed E-state index contributed by atoms with van der Waals surface area (Å²) in [5.74, 6) is -0.119. The smallest absolute Gasteiger partial charge is 0.335 e. The Bertz CT molecular complexity index is 1020. The summed E-state index contributed by atoms with van der Waals surface area (Å²) in [6, 6.07) is 10.2. The van der Waals surface area contributed by atoms with Crippen LogP contribution >= 0.6 is 11.8 Å². The molecular formula is C26H32NO4S+.